The van der Waals surface area contributed by atoms with Crippen LogP contribution in [0.3, 0.4) is 0 Å². The SMILES string of the molecule is Cc1nc2c(c3c1OC(C)(C)OC3)COC2=O. The number of esters is 1. The van der Waals surface area contributed by atoms with Gasteiger partial charge in [0.05, 0.1) is 12.3 Å². The number of fused-ring (bicyclic) bond motifs is 3. The first-order valence-corrected chi connectivity index (χ1v) is 5.50. The molecule has 0 saturated heterocycles. The summed E-state index contributed by atoms with van der Waals surface area (Å²) in [6, 6.07) is 0. The van der Waals surface area contributed by atoms with Crippen molar-refractivity contribution >= 4 is 5.97 Å². The summed E-state index contributed by atoms with van der Waals surface area (Å²) in [5.74, 6) is -0.300. The Morgan fingerprint density at radius 1 is 1.24 bits per heavy atom. The molecule has 1 aromatic rings. The first-order chi connectivity index (χ1) is 7.98. The van der Waals surface area contributed by atoms with Crippen LogP contribution < -0.4 is 4.74 Å². The first-order valence-electron chi connectivity index (χ1n) is 5.50. The number of carbonyl (C=O) groups excluding carboxylic acids is 1. The van der Waals surface area contributed by atoms with Crippen LogP contribution in [-0.4, -0.2) is 16.7 Å². The van der Waals surface area contributed by atoms with Gasteiger partial charge in [-0.2, -0.15) is 0 Å². The fourth-order valence-corrected chi connectivity index (χ4v) is 2.12. The van der Waals surface area contributed by atoms with Crippen molar-refractivity contribution in [3.63, 3.8) is 0 Å². The Bertz CT molecular complexity index is 522. The van der Waals surface area contributed by atoms with Crippen molar-refractivity contribution in [3.05, 3.63) is 22.5 Å². The molecule has 5 nitrogen and oxygen atoms in total. The van der Waals surface area contributed by atoms with Gasteiger partial charge in [0.1, 0.15) is 12.4 Å². The van der Waals surface area contributed by atoms with Gasteiger partial charge in [-0.3, -0.25) is 0 Å². The average molecular weight is 235 g/mol. The average Bonchev–Trinajstić information content (AvgIpc) is 2.60. The third-order valence-corrected chi connectivity index (χ3v) is 2.99. The smallest absolute Gasteiger partial charge is 0.357 e. The molecule has 90 valence electrons. The van der Waals surface area contributed by atoms with E-state index in [1.807, 2.05) is 20.8 Å². The molecule has 3 heterocycles. The van der Waals surface area contributed by atoms with Crippen molar-refractivity contribution in [3.8, 4) is 5.75 Å². The van der Waals surface area contributed by atoms with Crippen molar-refractivity contribution in [1.29, 1.82) is 0 Å². The molecule has 0 aromatic carbocycles. The molecule has 0 fully saturated rings. The maximum absolute atomic E-state index is 11.5. The normalized spacial score (nSPS) is 20.3. The van der Waals surface area contributed by atoms with Crippen LogP contribution in [0.1, 0.15) is 41.2 Å². The highest BCUT2D eigenvalue weighted by atomic mass is 16.7. The Balaban J connectivity index is 2.19. The molecule has 0 radical (unpaired) electrons. The van der Waals surface area contributed by atoms with Crippen molar-refractivity contribution < 1.29 is 19.0 Å². The summed E-state index contributed by atoms with van der Waals surface area (Å²) in [5, 5.41) is 0. The Labute approximate surface area is 98.7 Å². The maximum Gasteiger partial charge on any atom is 0.357 e. The van der Waals surface area contributed by atoms with Crippen LogP contribution in [0.5, 0.6) is 5.75 Å². The number of rotatable bonds is 0. The summed E-state index contributed by atoms with van der Waals surface area (Å²) in [4.78, 5) is 15.7. The summed E-state index contributed by atoms with van der Waals surface area (Å²) < 4.78 is 16.3. The van der Waals surface area contributed by atoms with Crippen LogP contribution in [0.25, 0.3) is 0 Å². The number of aryl methyl sites for hydroxylation is 1. The summed E-state index contributed by atoms with van der Waals surface area (Å²) in [7, 11) is 0. The zero-order valence-electron chi connectivity index (χ0n) is 9.99. The predicted molar refractivity (Wildman–Crippen MR) is 57.6 cm³/mol. The van der Waals surface area contributed by atoms with Crippen LogP contribution in [0, 0.1) is 6.92 Å². The number of aromatic nitrogens is 1. The molecule has 0 spiro atoms. The van der Waals surface area contributed by atoms with Crippen molar-refractivity contribution in [2.45, 2.75) is 39.8 Å². The number of pyridine rings is 1. The summed E-state index contributed by atoms with van der Waals surface area (Å²) in [5.41, 5.74) is 2.78. The van der Waals surface area contributed by atoms with Crippen LogP contribution in [0.15, 0.2) is 0 Å². The fourth-order valence-electron chi connectivity index (χ4n) is 2.12. The number of ether oxygens (including phenoxy) is 3. The van der Waals surface area contributed by atoms with Crippen LogP contribution in [0.2, 0.25) is 0 Å². The van der Waals surface area contributed by atoms with Crippen LogP contribution in [-0.2, 0) is 22.7 Å². The van der Waals surface area contributed by atoms with E-state index in [1.54, 1.807) is 0 Å². The van der Waals surface area contributed by atoms with Gasteiger partial charge in [0.25, 0.3) is 0 Å². The zero-order valence-corrected chi connectivity index (χ0v) is 9.99. The van der Waals surface area contributed by atoms with E-state index in [2.05, 4.69) is 4.98 Å². The standard InChI is InChI=1S/C12H13NO4/c1-6-10-8(5-16-12(2,3)17-10)7-4-15-11(14)9(7)13-6/h4-5H2,1-3H3. The van der Waals surface area contributed by atoms with Crippen molar-refractivity contribution in [1.82, 2.24) is 4.98 Å². The molecule has 0 bridgehead atoms. The summed E-state index contributed by atoms with van der Waals surface area (Å²) in [6.45, 7) is 6.21. The molecule has 0 atom stereocenters. The van der Waals surface area contributed by atoms with E-state index in [0.29, 0.717) is 18.0 Å². The highest BCUT2D eigenvalue weighted by molar-refractivity contribution is 5.92. The second kappa shape index (κ2) is 3.20. The lowest BCUT2D eigenvalue weighted by molar-refractivity contribution is -0.180. The van der Waals surface area contributed by atoms with Gasteiger partial charge in [0.2, 0.25) is 5.79 Å². The van der Waals surface area contributed by atoms with Crippen LogP contribution in [0.4, 0.5) is 0 Å². The van der Waals surface area contributed by atoms with Gasteiger partial charge in [0, 0.05) is 25.0 Å². The van der Waals surface area contributed by atoms with Gasteiger partial charge in [-0.15, -0.1) is 0 Å². The number of hydrogen-bond acceptors (Lipinski definition) is 5. The minimum Gasteiger partial charge on any atom is -0.461 e. The van der Waals surface area contributed by atoms with Crippen molar-refractivity contribution in [2.75, 3.05) is 0 Å². The quantitative estimate of drug-likeness (QED) is 0.641. The van der Waals surface area contributed by atoms with Gasteiger partial charge < -0.3 is 14.2 Å². The van der Waals surface area contributed by atoms with Crippen molar-refractivity contribution in [2.24, 2.45) is 0 Å². The van der Waals surface area contributed by atoms with E-state index >= 15 is 0 Å². The Hall–Kier alpha value is -1.62. The Morgan fingerprint density at radius 3 is 2.76 bits per heavy atom. The predicted octanol–water partition coefficient (Wildman–Crippen LogP) is 1.71. The van der Waals surface area contributed by atoms with E-state index < -0.39 is 5.79 Å². The third-order valence-electron chi connectivity index (χ3n) is 2.99. The number of nitrogens with zero attached hydrogens (tertiary/aromatic N) is 1. The first kappa shape index (κ1) is 10.5. The molecule has 0 amide bonds. The lowest BCUT2D eigenvalue weighted by Crippen LogP contribution is -2.36. The molecule has 0 aliphatic carbocycles. The monoisotopic (exact) mass is 235 g/mol. The molecule has 2 aliphatic heterocycles. The number of cyclic esters (lactones) is 1. The highest BCUT2D eigenvalue weighted by Gasteiger charge is 2.35. The van der Waals surface area contributed by atoms with Gasteiger partial charge in [-0.05, 0) is 6.92 Å². The second-order valence-corrected chi connectivity index (χ2v) is 4.70. The lowest BCUT2D eigenvalue weighted by Gasteiger charge is -2.33. The molecule has 2 aliphatic rings. The van der Waals surface area contributed by atoms with Gasteiger partial charge >= 0.3 is 5.97 Å². The molecular weight excluding hydrogens is 222 g/mol. The van der Waals surface area contributed by atoms with Gasteiger partial charge in [-0.1, -0.05) is 0 Å². The highest BCUT2D eigenvalue weighted by Crippen LogP contribution is 2.38. The summed E-state index contributed by atoms with van der Waals surface area (Å²) >= 11 is 0. The molecule has 3 rings (SSSR count). The second-order valence-electron chi connectivity index (χ2n) is 4.70. The van der Waals surface area contributed by atoms with E-state index in [9.17, 15) is 4.79 Å². The number of hydrogen-bond donors (Lipinski definition) is 0. The topological polar surface area (TPSA) is 57.6 Å². The van der Waals surface area contributed by atoms with E-state index in [-0.39, 0.29) is 12.6 Å². The largest absolute Gasteiger partial charge is 0.461 e. The zero-order chi connectivity index (χ0) is 12.2. The molecule has 0 saturated carbocycles. The summed E-state index contributed by atoms with van der Waals surface area (Å²) in [6.07, 6.45) is 0. The molecule has 0 N–H and O–H groups in total. The fraction of sp³-hybridized carbons (Fsp3) is 0.500. The third kappa shape index (κ3) is 1.50. The molecule has 0 unspecified atom stereocenters. The Morgan fingerprint density at radius 2 is 2.00 bits per heavy atom. The van der Waals surface area contributed by atoms with Crippen LogP contribution >= 0.6 is 0 Å². The maximum atomic E-state index is 11.5. The minimum absolute atomic E-state index is 0.261. The molecule has 1 aromatic heterocycles. The van der Waals surface area contributed by atoms with Gasteiger partial charge in [-0.25, -0.2) is 9.78 Å². The molecular formula is C12H13NO4. The molecule has 5 heteroatoms. The lowest BCUT2D eigenvalue weighted by atomic mass is 10.0. The van der Waals surface area contributed by atoms with E-state index in [0.717, 1.165) is 16.9 Å². The molecule has 17 heavy (non-hydrogen) atoms. The number of carbonyl (C=O) groups is 1. The van der Waals surface area contributed by atoms with E-state index in [1.165, 1.54) is 0 Å². The van der Waals surface area contributed by atoms with E-state index in [4.69, 9.17) is 14.2 Å². The minimum atomic E-state index is -0.656. The van der Waals surface area contributed by atoms with Gasteiger partial charge in [0.15, 0.2) is 5.69 Å². The Kier molecular flexibility index (Phi) is 1.98.